The molecule has 1 amide bonds. The molecule has 2 saturated carbocycles. The lowest BCUT2D eigenvalue weighted by molar-refractivity contribution is -0.132. The molecule has 0 radical (unpaired) electrons. The fourth-order valence-corrected chi connectivity index (χ4v) is 3.57. The van der Waals surface area contributed by atoms with Crippen molar-refractivity contribution in [3.63, 3.8) is 0 Å². The summed E-state index contributed by atoms with van der Waals surface area (Å²) in [4.78, 5) is 14.2. The molecule has 0 aromatic heterocycles. The van der Waals surface area contributed by atoms with Gasteiger partial charge in [0.2, 0.25) is 5.91 Å². The second-order valence-electron chi connectivity index (χ2n) is 5.67. The van der Waals surface area contributed by atoms with Gasteiger partial charge < -0.3 is 10.6 Å². The summed E-state index contributed by atoms with van der Waals surface area (Å²) in [5, 5.41) is 0. The Kier molecular flexibility index (Phi) is 2.06. The van der Waals surface area contributed by atoms with Crippen LogP contribution in [-0.2, 0) is 4.79 Å². The molecule has 0 aromatic carbocycles. The zero-order valence-electron chi connectivity index (χ0n) is 9.36. The fraction of sp³-hybridized carbons (Fsp3) is 0.917. The SMILES string of the molecule is CC1CN(C(=O)C2C3CCCC32)CC1N. The van der Waals surface area contributed by atoms with Crippen LogP contribution in [0.5, 0.6) is 0 Å². The highest BCUT2D eigenvalue weighted by Crippen LogP contribution is 2.58. The number of fused-ring (bicyclic) bond motifs is 1. The average Bonchev–Trinajstić information content (AvgIpc) is 2.59. The van der Waals surface area contributed by atoms with Crippen LogP contribution in [0.1, 0.15) is 26.2 Å². The maximum Gasteiger partial charge on any atom is 0.226 e. The Morgan fingerprint density at radius 1 is 1.27 bits per heavy atom. The van der Waals surface area contributed by atoms with Gasteiger partial charge in [0.15, 0.2) is 0 Å². The summed E-state index contributed by atoms with van der Waals surface area (Å²) in [7, 11) is 0. The van der Waals surface area contributed by atoms with Crippen LogP contribution in [-0.4, -0.2) is 29.9 Å². The van der Waals surface area contributed by atoms with Crippen molar-refractivity contribution < 1.29 is 4.79 Å². The van der Waals surface area contributed by atoms with Gasteiger partial charge in [0.1, 0.15) is 0 Å². The summed E-state index contributed by atoms with van der Waals surface area (Å²) >= 11 is 0. The van der Waals surface area contributed by atoms with Crippen LogP contribution in [0.4, 0.5) is 0 Å². The molecule has 0 spiro atoms. The second-order valence-corrected chi connectivity index (χ2v) is 5.67. The van der Waals surface area contributed by atoms with E-state index in [1.165, 1.54) is 19.3 Å². The van der Waals surface area contributed by atoms with Crippen molar-refractivity contribution in [1.29, 1.82) is 0 Å². The number of hydrogen-bond donors (Lipinski definition) is 1. The largest absolute Gasteiger partial charge is 0.341 e. The first-order valence-electron chi connectivity index (χ1n) is 6.23. The third kappa shape index (κ3) is 1.40. The van der Waals surface area contributed by atoms with Gasteiger partial charge in [-0.1, -0.05) is 13.3 Å². The Hall–Kier alpha value is -0.570. The molecule has 3 fully saturated rings. The molecule has 0 aromatic rings. The van der Waals surface area contributed by atoms with Gasteiger partial charge in [0, 0.05) is 25.0 Å². The average molecular weight is 208 g/mol. The molecule has 3 nitrogen and oxygen atoms in total. The van der Waals surface area contributed by atoms with Crippen molar-refractivity contribution in [3.8, 4) is 0 Å². The van der Waals surface area contributed by atoms with Crippen LogP contribution in [0.3, 0.4) is 0 Å². The number of carbonyl (C=O) groups excluding carboxylic acids is 1. The lowest BCUT2D eigenvalue weighted by atomic mass is 10.1. The van der Waals surface area contributed by atoms with Crippen LogP contribution in [0.2, 0.25) is 0 Å². The number of nitrogens with zero attached hydrogens (tertiary/aromatic N) is 1. The number of hydrogen-bond acceptors (Lipinski definition) is 2. The zero-order valence-corrected chi connectivity index (χ0v) is 9.36. The van der Waals surface area contributed by atoms with Crippen molar-refractivity contribution in [2.75, 3.05) is 13.1 Å². The number of carbonyl (C=O) groups is 1. The molecule has 3 heteroatoms. The topological polar surface area (TPSA) is 46.3 Å². The zero-order chi connectivity index (χ0) is 10.6. The summed E-state index contributed by atoms with van der Waals surface area (Å²) in [5.41, 5.74) is 5.95. The minimum atomic E-state index is 0.201. The van der Waals surface area contributed by atoms with Crippen LogP contribution < -0.4 is 5.73 Å². The van der Waals surface area contributed by atoms with Crippen molar-refractivity contribution >= 4 is 5.91 Å². The molecule has 15 heavy (non-hydrogen) atoms. The summed E-state index contributed by atoms with van der Waals surface area (Å²) in [5.74, 6) is 2.75. The van der Waals surface area contributed by atoms with Gasteiger partial charge in [0.25, 0.3) is 0 Å². The predicted octanol–water partition coefficient (Wildman–Crippen LogP) is 0.838. The van der Waals surface area contributed by atoms with Crippen molar-refractivity contribution in [1.82, 2.24) is 4.90 Å². The molecule has 3 rings (SSSR count). The fourth-order valence-electron chi connectivity index (χ4n) is 3.57. The third-order valence-corrected chi connectivity index (χ3v) is 4.67. The Morgan fingerprint density at radius 2 is 1.93 bits per heavy atom. The molecular formula is C12H20N2O. The Balaban J connectivity index is 1.62. The van der Waals surface area contributed by atoms with E-state index in [2.05, 4.69) is 6.92 Å². The number of rotatable bonds is 1. The van der Waals surface area contributed by atoms with E-state index < -0.39 is 0 Å². The van der Waals surface area contributed by atoms with Gasteiger partial charge in [0.05, 0.1) is 0 Å². The van der Waals surface area contributed by atoms with Crippen LogP contribution >= 0.6 is 0 Å². The van der Waals surface area contributed by atoms with Crippen molar-refractivity contribution in [3.05, 3.63) is 0 Å². The molecule has 3 aliphatic rings. The first-order chi connectivity index (χ1) is 7.18. The first kappa shape index (κ1) is 9.64. The minimum absolute atomic E-state index is 0.201. The highest BCUT2D eigenvalue weighted by molar-refractivity contribution is 5.83. The van der Waals surface area contributed by atoms with E-state index in [-0.39, 0.29) is 6.04 Å². The number of amides is 1. The van der Waals surface area contributed by atoms with E-state index in [9.17, 15) is 4.79 Å². The summed E-state index contributed by atoms with van der Waals surface area (Å²) in [6, 6.07) is 0.201. The lowest BCUT2D eigenvalue weighted by Gasteiger charge is -2.16. The quantitative estimate of drug-likeness (QED) is 0.694. The maximum atomic E-state index is 12.2. The van der Waals surface area contributed by atoms with Gasteiger partial charge in [-0.15, -0.1) is 0 Å². The van der Waals surface area contributed by atoms with Gasteiger partial charge in [-0.25, -0.2) is 0 Å². The first-order valence-corrected chi connectivity index (χ1v) is 6.23. The minimum Gasteiger partial charge on any atom is -0.341 e. The standard InChI is InChI=1S/C12H20N2O/c1-7-5-14(6-10(7)13)12(15)11-8-3-2-4-9(8)11/h7-11H,2-6,13H2,1H3. The molecule has 2 aliphatic carbocycles. The summed E-state index contributed by atoms with van der Waals surface area (Å²) in [6.07, 6.45) is 3.92. The maximum absolute atomic E-state index is 12.2. The predicted molar refractivity (Wildman–Crippen MR) is 58.0 cm³/mol. The van der Waals surface area contributed by atoms with E-state index in [0.29, 0.717) is 17.7 Å². The van der Waals surface area contributed by atoms with Crippen LogP contribution in [0, 0.1) is 23.7 Å². The van der Waals surface area contributed by atoms with Crippen molar-refractivity contribution in [2.45, 2.75) is 32.2 Å². The molecule has 1 aliphatic heterocycles. The van der Waals surface area contributed by atoms with Gasteiger partial charge in [-0.3, -0.25) is 4.79 Å². The smallest absolute Gasteiger partial charge is 0.226 e. The van der Waals surface area contributed by atoms with E-state index in [1.807, 2.05) is 4.90 Å². The molecular weight excluding hydrogens is 188 g/mol. The molecule has 4 atom stereocenters. The molecule has 84 valence electrons. The summed E-state index contributed by atoms with van der Waals surface area (Å²) < 4.78 is 0. The Labute approximate surface area is 91.0 Å². The number of likely N-dealkylation sites (tertiary alicyclic amines) is 1. The number of nitrogens with two attached hydrogens (primary N) is 1. The highest BCUT2D eigenvalue weighted by atomic mass is 16.2. The van der Waals surface area contributed by atoms with E-state index in [1.54, 1.807) is 0 Å². The van der Waals surface area contributed by atoms with E-state index in [4.69, 9.17) is 5.73 Å². The van der Waals surface area contributed by atoms with Crippen molar-refractivity contribution in [2.24, 2.45) is 29.4 Å². The van der Waals surface area contributed by atoms with E-state index >= 15 is 0 Å². The molecule has 0 bridgehead atoms. The monoisotopic (exact) mass is 208 g/mol. The van der Waals surface area contributed by atoms with Gasteiger partial charge in [-0.05, 0) is 30.6 Å². The second kappa shape index (κ2) is 3.21. The molecule has 4 unspecified atom stereocenters. The highest BCUT2D eigenvalue weighted by Gasteiger charge is 2.57. The molecule has 1 heterocycles. The van der Waals surface area contributed by atoms with Crippen LogP contribution in [0.25, 0.3) is 0 Å². The van der Waals surface area contributed by atoms with Gasteiger partial charge >= 0.3 is 0 Å². The third-order valence-electron chi connectivity index (χ3n) is 4.67. The summed E-state index contributed by atoms with van der Waals surface area (Å²) in [6.45, 7) is 3.82. The Morgan fingerprint density at radius 3 is 2.47 bits per heavy atom. The normalized spacial score (nSPS) is 48.1. The van der Waals surface area contributed by atoms with E-state index in [0.717, 1.165) is 24.9 Å². The van der Waals surface area contributed by atoms with Crippen LogP contribution in [0.15, 0.2) is 0 Å². The Bertz CT molecular complexity index is 271. The molecule has 2 N–H and O–H groups in total. The lowest BCUT2D eigenvalue weighted by Crippen LogP contribution is -2.34. The molecule has 1 saturated heterocycles. The van der Waals surface area contributed by atoms with Gasteiger partial charge in [-0.2, -0.15) is 0 Å².